The zero-order chi connectivity index (χ0) is 11.4. The van der Waals surface area contributed by atoms with Crippen LogP contribution in [0.5, 0.6) is 0 Å². The van der Waals surface area contributed by atoms with Crippen molar-refractivity contribution in [1.82, 2.24) is 4.98 Å². The first-order valence-corrected chi connectivity index (χ1v) is 6.13. The van der Waals surface area contributed by atoms with Crippen LogP contribution in [0.4, 0.5) is 5.13 Å². The highest BCUT2D eigenvalue weighted by molar-refractivity contribution is 7.13. The maximum atomic E-state index is 5.55. The highest BCUT2D eigenvalue weighted by atomic mass is 32.1. The van der Waals surface area contributed by atoms with Gasteiger partial charge in [0.25, 0.3) is 0 Å². The second kappa shape index (κ2) is 5.14. The zero-order valence-corrected chi connectivity index (χ0v) is 10.0. The standard InChI is InChI=1S/C11H15N3OS/c1-2-14(7-10-4-3-5-15-10)11-13-9(6-12)8-16-11/h3-5,8H,2,6-7,12H2,1H3. The number of anilines is 1. The van der Waals surface area contributed by atoms with Crippen molar-refractivity contribution >= 4 is 16.5 Å². The Morgan fingerprint density at radius 3 is 3.00 bits per heavy atom. The number of thiazole rings is 1. The molecule has 86 valence electrons. The van der Waals surface area contributed by atoms with E-state index in [1.165, 1.54) is 0 Å². The molecule has 0 amide bonds. The van der Waals surface area contributed by atoms with E-state index in [0.29, 0.717) is 6.54 Å². The van der Waals surface area contributed by atoms with Gasteiger partial charge in [0.2, 0.25) is 0 Å². The number of nitrogens with two attached hydrogens (primary N) is 1. The molecule has 0 spiro atoms. The van der Waals surface area contributed by atoms with Gasteiger partial charge in [-0.2, -0.15) is 0 Å². The first-order valence-electron chi connectivity index (χ1n) is 5.25. The molecular weight excluding hydrogens is 222 g/mol. The molecule has 16 heavy (non-hydrogen) atoms. The Bertz CT molecular complexity index is 424. The van der Waals surface area contributed by atoms with Crippen LogP contribution in [0.2, 0.25) is 0 Å². The van der Waals surface area contributed by atoms with Crippen LogP contribution in [0.25, 0.3) is 0 Å². The Balaban J connectivity index is 2.10. The molecule has 4 nitrogen and oxygen atoms in total. The lowest BCUT2D eigenvalue weighted by Crippen LogP contribution is -2.21. The maximum Gasteiger partial charge on any atom is 0.185 e. The fourth-order valence-electron chi connectivity index (χ4n) is 1.44. The Morgan fingerprint density at radius 1 is 1.56 bits per heavy atom. The Morgan fingerprint density at radius 2 is 2.44 bits per heavy atom. The van der Waals surface area contributed by atoms with Crippen molar-refractivity contribution in [3.63, 3.8) is 0 Å². The molecule has 2 N–H and O–H groups in total. The van der Waals surface area contributed by atoms with Crippen molar-refractivity contribution < 1.29 is 4.42 Å². The third-order valence-electron chi connectivity index (χ3n) is 2.33. The average molecular weight is 237 g/mol. The first kappa shape index (κ1) is 11.2. The van der Waals surface area contributed by atoms with Crippen LogP contribution in [0, 0.1) is 0 Å². The number of furan rings is 1. The second-order valence-electron chi connectivity index (χ2n) is 3.42. The van der Waals surface area contributed by atoms with Gasteiger partial charge in [0, 0.05) is 18.5 Å². The van der Waals surface area contributed by atoms with Crippen LogP contribution in [-0.4, -0.2) is 11.5 Å². The minimum Gasteiger partial charge on any atom is -0.467 e. The molecule has 0 aliphatic rings. The molecule has 0 atom stereocenters. The van der Waals surface area contributed by atoms with Gasteiger partial charge in [-0.15, -0.1) is 11.3 Å². The van der Waals surface area contributed by atoms with Crippen molar-refractivity contribution in [2.75, 3.05) is 11.4 Å². The van der Waals surface area contributed by atoms with Crippen LogP contribution >= 0.6 is 11.3 Å². The molecule has 0 aromatic carbocycles. The zero-order valence-electron chi connectivity index (χ0n) is 9.22. The molecule has 0 unspecified atom stereocenters. The van der Waals surface area contributed by atoms with Gasteiger partial charge in [-0.05, 0) is 19.1 Å². The van der Waals surface area contributed by atoms with E-state index in [0.717, 1.165) is 29.7 Å². The highest BCUT2D eigenvalue weighted by Crippen LogP contribution is 2.22. The molecule has 0 radical (unpaired) electrons. The molecule has 0 saturated heterocycles. The van der Waals surface area contributed by atoms with Gasteiger partial charge in [0.15, 0.2) is 5.13 Å². The van der Waals surface area contributed by atoms with Crippen LogP contribution in [0.3, 0.4) is 0 Å². The third kappa shape index (κ3) is 2.43. The van der Waals surface area contributed by atoms with Crippen molar-refractivity contribution in [2.24, 2.45) is 5.73 Å². The van der Waals surface area contributed by atoms with E-state index in [1.54, 1.807) is 17.6 Å². The SMILES string of the molecule is CCN(Cc1ccco1)c1nc(CN)cs1. The van der Waals surface area contributed by atoms with Crippen LogP contribution in [0.15, 0.2) is 28.2 Å². The van der Waals surface area contributed by atoms with Gasteiger partial charge in [-0.25, -0.2) is 4.98 Å². The van der Waals surface area contributed by atoms with Gasteiger partial charge in [0.05, 0.1) is 18.5 Å². The van der Waals surface area contributed by atoms with E-state index >= 15 is 0 Å². The van der Waals surface area contributed by atoms with Gasteiger partial charge < -0.3 is 15.1 Å². The predicted molar refractivity (Wildman–Crippen MR) is 65.4 cm³/mol. The number of hydrogen-bond donors (Lipinski definition) is 1. The fraction of sp³-hybridized carbons (Fsp3) is 0.364. The van der Waals surface area contributed by atoms with Gasteiger partial charge in [-0.1, -0.05) is 0 Å². The van der Waals surface area contributed by atoms with E-state index in [2.05, 4.69) is 16.8 Å². The summed E-state index contributed by atoms with van der Waals surface area (Å²) in [5.74, 6) is 0.950. The normalized spacial score (nSPS) is 10.6. The maximum absolute atomic E-state index is 5.55. The summed E-state index contributed by atoms with van der Waals surface area (Å²) < 4.78 is 5.33. The average Bonchev–Trinajstić information content (AvgIpc) is 2.96. The Hall–Kier alpha value is -1.33. The number of aromatic nitrogens is 1. The quantitative estimate of drug-likeness (QED) is 0.866. The molecule has 0 aliphatic carbocycles. The van der Waals surface area contributed by atoms with E-state index in [-0.39, 0.29) is 0 Å². The molecule has 0 bridgehead atoms. The number of nitrogens with zero attached hydrogens (tertiary/aromatic N) is 2. The summed E-state index contributed by atoms with van der Waals surface area (Å²) >= 11 is 1.62. The second-order valence-corrected chi connectivity index (χ2v) is 4.26. The molecule has 2 heterocycles. The minimum atomic E-state index is 0.495. The van der Waals surface area contributed by atoms with E-state index < -0.39 is 0 Å². The topological polar surface area (TPSA) is 55.3 Å². The summed E-state index contributed by atoms with van der Waals surface area (Å²) in [6.45, 7) is 4.25. The molecule has 0 fully saturated rings. The van der Waals surface area contributed by atoms with Crippen molar-refractivity contribution in [2.45, 2.75) is 20.0 Å². The summed E-state index contributed by atoms with van der Waals surface area (Å²) in [7, 11) is 0. The largest absolute Gasteiger partial charge is 0.467 e. The van der Waals surface area contributed by atoms with Crippen LogP contribution in [0.1, 0.15) is 18.4 Å². The summed E-state index contributed by atoms with van der Waals surface area (Å²) in [6.07, 6.45) is 1.69. The van der Waals surface area contributed by atoms with Gasteiger partial charge in [-0.3, -0.25) is 0 Å². The smallest absolute Gasteiger partial charge is 0.185 e. The van der Waals surface area contributed by atoms with Crippen LogP contribution in [-0.2, 0) is 13.1 Å². The number of hydrogen-bond acceptors (Lipinski definition) is 5. The van der Waals surface area contributed by atoms with E-state index in [1.807, 2.05) is 17.5 Å². The molecule has 0 saturated carbocycles. The lowest BCUT2D eigenvalue weighted by Gasteiger charge is -2.17. The third-order valence-corrected chi connectivity index (χ3v) is 3.28. The Labute approximate surface area is 98.7 Å². The minimum absolute atomic E-state index is 0.495. The van der Waals surface area contributed by atoms with Crippen LogP contribution < -0.4 is 10.6 Å². The number of rotatable bonds is 5. The highest BCUT2D eigenvalue weighted by Gasteiger charge is 2.10. The predicted octanol–water partition coefficient (Wildman–Crippen LogP) is 2.22. The van der Waals surface area contributed by atoms with Crippen molar-refractivity contribution in [3.8, 4) is 0 Å². The summed E-state index contributed by atoms with van der Waals surface area (Å²) in [4.78, 5) is 6.63. The molecular formula is C11H15N3OS. The first-order chi connectivity index (χ1) is 7.83. The summed E-state index contributed by atoms with van der Waals surface area (Å²) in [5.41, 5.74) is 6.49. The van der Waals surface area contributed by atoms with Crippen molar-refractivity contribution in [1.29, 1.82) is 0 Å². The lowest BCUT2D eigenvalue weighted by atomic mass is 10.4. The Kier molecular flexibility index (Phi) is 3.58. The van der Waals surface area contributed by atoms with E-state index in [9.17, 15) is 0 Å². The molecule has 0 aliphatic heterocycles. The van der Waals surface area contributed by atoms with Gasteiger partial charge in [0.1, 0.15) is 5.76 Å². The molecule has 5 heteroatoms. The summed E-state index contributed by atoms with van der Waals surface area (Å²) in [6, 6.07) is 3.87. The lowest BCUT2D eigenvalue weighted by molar-refractivity contribution is 0.503. The summed E-state index contributed by atoms with van der Waals surface area (Å²) in [5, 5.41) is 3.00. The molecule has 2 rings (SSSR count). The monoisotopic (exact) mass is 237 g/mol. The fourth-order valence-corrected chi connectivity index (χ4v) is 2.34. The molecule has 2 aromatic rings. The van der Waals surface area contributed by atoms with E-state index in [4.69, 9.17) is 10.2 Å². The van der Waals surface area contributed by atoms with Gasteiger partial charge >= 0.3 is 0 Å². The molecule has 2 aromatic heterocycles. The van der Waals surface area contributed by atoms with Crippen molar-refractivity contribution in [3.05, 3.63) is 35.2 Å².